The van der Waals surface area contributed by atoms with Crippen molar-refractivity contribution in [2.24, 2.45) is 0 Å². The second-order valence-electron chi connectivity index (χ2n) is 5.24. The van der Waals surface area contributed by atoms with Gasteiger partial charge in [-0.15, -0.1) is 0 Å². The minimum Gasteiger partial charge on any atom is -0.378 e. The zero-order chi connectivity index (χ0) is 14.5. The quantitative estimate of drug-likeness (QED) is 0.872. The molecular formula is C15H21N5O. The Balaban J connectivity index is 1.54. The van der Waals surface area contributed by atoms with Crippen LogP contribution in [0.3, 0.4) is 0 Å². The number of ether oxygens (including phenoxy) is 1. The van der Waals surface area contributed by atoms with Gasteiger partial charge in [0.25, 0.3) is 0 Å². The molecule has 1 fully saturated rings. The van der Waals surface area contributed by atoms with E-state index in [1.54, 1.807) is 0 Å². The molecule has 1 saturated heterocycles. The van der Waals surface area contributed by atoms with E-state index in [0.29, 0.717) is 0 Å². The first-order valence-corrected chi connectivity index (χ1v) is 7.33. The van der Waals surface area contributed by atoms with Crippen molar-refractivity contribution in [1.29, 1.82) is 0 Å². The molecule has 0 radical (unpaired) electrons. The van der Waals surface area contributed by atoms with Crippen LogP contribution in [0.4, 0.5) is 5.69 Å². The van der Waals surface area contributed by atoms with Crippen LogP contribution >= 0.6 is 0 Å². The number of nitrogens with zero attached hydrogens (tertiary/aromatic N) is 3. The van der Waals surface area contributed by atoms with Gasteiger partial charge in [-0.3, -0.25) is 5.10 Å². The summed E-state index contributed by atoms with van der Waals surface area (Å²) < 4.78 is 5.38. The van der Waals surface area contributed by atoms with E-state index >= 15 is 0 Å². The Labute approximate surface area is 124 Å². The van der Waals surface area contributed by atoms with Crippen LogP contribution in [0.25, 0.3) is 0 Å². The van der Waals surface area contributed by atoms with Crippen molar-refractivity contribution in [3.05, 3.63) is 42.0 Å². The lowest BCUT2D eigenvalue weighted by Gasteiger charge is -2.29. The van der Waals surface area contributed by atoms with Gasteiger partial charge in [0.15, 0.2) is 0 Å². The van der Waals surface area contributed by atoms with Gasteiger partial charge in [0.05, 0.1) is 19.3 Å². The fraction of sp³-hybridized carbons (Fsp3) is 0.467. The molecule has 6 heteroatoms. The van der Waals surface area contributed by atoms with Gasteiger partial charge >= 0.3 is 0 Å². The summed E-state index contributed by atoms with van der Waals surface area (Å²) in [6, 6.07) is 8.87. The van der Waals surface area contributed by atoms with Crippen LogP contribution in [0.5, 0.6) is 0 Å². The molecule has 0 bridgehead atoms. The SMILES string of the molecule is CC(NCc1ccc(N2CCOCC2)cc1)c1ncn[nH]1. The average Bonchev–Trinajstić information content (AvgIpc) is 3.08. The summed E-state index contributed by atoms with van der Waals surface area (Å²) in [6.45, 7) is 6.46. The fourth-order valence-electron chi connectivity index (χ4n) is 2.44. The maximum absolute atomic E-state index is 5.38. The van der Waals surface area contributed by atoms with E-state index in [1.807, 2.05) is 0 Å². The third-order valence-electron chi connectivity index (χ3n) is 3.77. The molecule has 2 aromatic rings. The number of hydrogen-bond acceptors (Lipinski definition) is 5. The number of benzene rings is 1. The summed E-state index contributed by atoms with van der Waals surface area (Å²) in [7, 11) is 0. The maximum atomic E-state index is 5.38. The largest absolute Gasteiger partial charge is 0.378 e. The zero-order valence-corrected chi connectivity index (χ0v) is 12.2. The van der Waals surface area contributed by atoms with Crippen molar-refractivity contribution < 1.29 is 4.74 Å². The van der Waals surface area contributed by atoms with Crippen LogP contribution < -0.4 is 10.2 Å². The Kier molecular flexibility index (Phi) is 4.47. The number of hydrogen-bond donors (Lipinski definition) is 2. The lowest BCUT2D eigenvalue weighted by Crippen LogP contribution is -2.36. The minimum absolute atomic E-state index is 0.159. The first-order valence-electron chi connectivity index (χ1n) is 7.33. The number of nitrogens with one attached hydrogen (secondary N) is 2. The van der Waals surface area contributed by atoms with Crippen LogP contribution in [0.1, 0.15) is 24.4 Å². The number of morpholine rings is 1. The summed E-state index contributed by atoms with van der Waals surface area (Å²) in [4.78, 5) is 6.52. The van der Waals surface area contributed by atoms with Crippen molar-refractivity contribution >= 4 is 5.69 Å². The summed E-state index contributed by atoms with van der Waals surface area (Å²) in [5, 5.41) is 10.2. The highest BCUT2D eigenvalue weighted by Crippen LogP contribution is 2.17. The predicted molar refractivity (Wildman–Crippen MR) is 81.1 cm³/mol. The molecule has 6 nitrogen and oxygen atoms in total. The molecule has 0 aliphatic carbocycles. The Hall–Kier alpha value is -1.92. The van der Waals surface area contributed by atoms with E-state index in [-0.39, 0.29) is 6.04 Å². The highest BCUT2D eigenvalue weighted by Gasteiger charge is 2.11. The molecule has 0 saturated carbocycles. The van der Waals surface area contributed by atoms with Gasteiger partial charge in [-0.2, -0.15) is 5.10 Å². The smallest absolute Gasteiger partial charge is 0.141 e. The van der Waals surface area contributed by atoms with Gasteiger partial charge < -0.3 is 15.0 Å². The van der Waals surface area contributed by atoms with Crippen LogP contribution in [0, 0.1) is 0 Å². The van der Waals surface area contributed by atoms with E-state index in [2.05, 4.69) is 56.6 Å². The second-order valence-corrected chi connectivity index (χ2v) is 5.24. The normalized spacial score (nSPS) is 16.9. The summed E-state index contributed by atoms with van der Waals surface area (Å²) in [5.74, 6) is 0.861. The third-order valence-corrected chi connectivity index (χ3v) is 3.77. The topological polar surface area (TPSA) is 66.1 Å². The van der Waals surface area contributed by atoms with E-state index in [0.717, 1.165) is 38.7 Å². The van der Waals surface area contributed by atoms with Crippen LogP contribution in [-0.2, 0) is 11.3 Å². The standard InChI is InChI=1S/C15H21N5O/c1-12(15-17-11-18-19-15)16-10-13-2-4-14(5-3-13)20-6-8-21-9-7-20/h2-5,11-12,16H,6-10H2,1H3,(H,17,18,19). The Morgan fingerprint density at radius 3 is 2.71 bits per heavy atom. The van der Waals surface area contributed by atoms with Crippen molar-refractivity contribution in [2.75, 3.05) is 31.2 Å². The highest BCUT2D eigenvalue weighted by atomic mass is 16.5. The molecule has 2 N–H and O–H groups in total. The highest BCUT2D eigenvalue weighted by molar-refractivity contribution is 5.47. The number of rotatable bonds is 5. The lowest BCUT2D eigenvalue weighted by molar-refractivity contribution is 0.122. The molecule has 1 aromatic carbocycles. The Morgan fingerprint density at radius 2 is 2.05 bits per heavy atom. The molecule has 1 atom stereocenters. The summed E-state index contributed by atoms with van der Waals surface area (Å²) in [5.41, 5.74) is 2.53. The average molecular weight is 287 g/mol. The lowest BCUT2D eigenvalue weighted by atomic mass is 10.1. The van der Waals surface area contributed by atoms with Crippen molar-refractivity contribution in [3.63, 3.8) is 0 Å². The van der Waals surface area contributed by atoms with Gasteiger partial charge in [-0.05, 0) is 24.6 Å². The van der Waals surface area contributed by atoms with Gasteiger partial charge in [0.2, 0.25) is 0 Å². The molecule has 1 aliphatic heterocycles. The fourth-order valence-corrected chi connectivity index (χ4v) is 2.44. The van der Waals surface area contributed by atoms with E-state index in [9.17, 15) is 0 Å². The molecule has 2 heterocycles. The molecule has 1 aromatic heterocycles. The number of aromatic nitrogens is 3. The molecule has 0 amide bonds. The summed E-state index contributed by atoms with van der Waals surface area (Å²) in [6.07, 6.45) is 1.53. The Morgan fingerprint density at radius 1 is 1.29 bits per heavy atom. The van der Waals surface area contributed by atoms with Gasteiger partial charge in [0, 0.05) is 25.3 Å². The second kappa shape index (κ2) is 6.69. The third kappa shape index (κ3) is 3.59. The van der Waals surface area contributed by atoms with Gasteiger partial charge in [-0.1, -0.05) is 12.1 Å². The van der Waals surface area contributed by atoms with E-state index in [4.69, 9.17) is 4.74 Å². The first-order chi connectivity index (χ1) is 10.3. The van der Waals surface area contributed by atoms with Crippen molar-refractivity contribution in [1.82, 2.24) is 20.5 Å². The number of aromatic amines is 1. The number of anilines is 1. The molecular weight excluding hydrogens is 266 g/mol. The van der Waals surface area contributed by atoms with Gasteiger partial charge in [-0.25, -0.2) is 4.98 Å². The zero-order valence-electron chi connectivity index (χ0n) is 12.2. The number of H-pyrrole nitrogens is 1. The van der Waals surface area contributed by atoms with Crippen LogP contribution in [0.2, 0.25) is 0 Å². The molecule has 0 spiro atoms. The maximum Gasteiger partial charge on any atom is 0.141 e. The van der Waals surface area contributed by atoms with E-state index < -0.39 is 0 Å². The molecule has 112 valence electrons. The Bertz CT molecular complexity index is 534. The summed E-state index contributed by atoms with van der Waals surface area (Å²) >= 11 is 0. The van der Waals surface area contributed by atoms with Gasteiger partial charge in [0.1, 0.15) is 12.2 Å². The van der Waals surface area contributed by atoms with Crippen molar-refractivity contribution in [3.8, 4) is 0 Å². The van der Waals surface area contributed by atoms with Crippen LogP contribution in [-0.4, -0.2) is 41.5 Å². The first kappa shape index (κ1) is 14.0. The van der Waals surface area contributed by atoms with Crippen molar-refractivity contribution in [2.45, 2.75) is 19.5 Å². The van der Waals surface area contributed by atoms with Crippen LogP contribution in [0.15, 0.2) is 30.6 Å². The monoisotopic (exact) mass is 287 g/mol. The molecule has 1 aliphatic rings. The predicted octanol–water partition coefficient (Wildman–Crippen LogP) is 1.49. The minimum atomic E-state index is 0.159. The van der Waals surface area contributed by atoms with E-state index in [1.165, 1.54) is 17.6 Å². The molecule has 1 unspecified atom stereocenters. The molecule has 3 rings (SSSR count). The molecule has 21 heavy (non-hydrogen) atoms.